The first kappa shape index (κ1) is 17.0. The zero-order chi connectivity index (χ0) is 16.0. The van der Waals surface area contributed by atoms with Crippen molar-refractivity contribution in [3.63, 3.8) is 0 Å². The molecular formula is C12H13FN2O5S. The van der Waals surface area contributed by atoms with Crippen LogP contribution < -0.4 is 4.72 Å². The summed E-state index contributed by atoms with van der Waals surface area (Å²) >= 11 is 0. The number of aliphatic carboxylic acids is 1. The standard InChI is InChI=1S/C12H13FN2O5S/c1-20-8(5-12(16)17)7-15-21(18,19)11-4-2-3-10(13)9(11)6-14/h2-4,8,15H,5,7H2,1H3,(H,16,17). The van der Waals surface area contributed by atoms with Crippen LogP contribution in [0.2, 0.25) is 0 Å². The summed E-state index contributed by atoms with van der Waals surface area (Å²) < 4.78 is 44.4. The number of halogens is 1. The lowest BCUT2D eigenvalue weighted by atomic mass is 10.2. The van der Waals surface area contributed by atoms with Crippen LogP contribution in [0.3, 0.4) is 0 Å². The highest BCUT2D eigenvalue weighted by molar-refractivity contribution is 7.89. The van der Waals surface area contributed by atoms with Crippen LogP contribution in [0.25, 0.3) is 0 Å². The number of carboxylic acid groups (broad SMARTS) is 1. The molecule has 2 N–H and O–H groups in total. The van der Waals surface area contributed by atoms with Gasteiger partial charge in [0, 0.05) is 13.7 Å². The van der Waals surface area contributed by atoms with E-state index in [-0.39, 0.29) is 6.54 Å². The number of nitrogens with one attached hydrogen (secondary N) is 1. The molecule has 0 aromatic heterocycles. The number of rotatable bonds is 7. The third kappa shape index (κ3) is 4.49. The summed E-state index contributed by atoms with van der Waals surface area (Å²) in [4.78, 5) is 10.1. The third-order valence-corrected chi connectivity index (χ3v) is 4.08. The maximum absolute atomic E-state index is 13.4. The predicted molar refractivity (Wildman–Crippen MR) is 69.4 cm³/mol. The van der Waals surface area contributed by atoms with Gasteiger partial charge in [-0.05, 0) is 12.1 Å². The van der Waals surface area contributed by atoms with Gasteiger partial charge in [0.15, 0.2) is 0 Å². The second-order valence-electron chi connectivity index (χ2n) is 4.03. The van der Waals surface area contributed by atoms with E-state index in [1.807, 2.05) is 0 Å². The van der Waals surface area contributed by atoms with Gasteiger partial charge in [-0.2, -0.15) is 5.26 Å². The number of sulfonamides is 1. The lowest BCUT2D eigenvalue weighted by Crippen LogP contribution is -2.34. The van der Waals surface area contributed by atoms with E-state index in [4.69, 9.17) is 15.1 Å². The van der Waals surface area contributed by atoms with E-state index in [0.717, 1.165) is 18.2 Å². The van der Waals surface area contributed by atoms with Crippen LogP contribution in [0, 0.1) is 17.1 Å². The smallest absolute Gasteiger partial charge is 0.306 e. The quantitative estimate of drug-likeness (QED) is 0.755. The number of hydrogen-bond donors (Lipinski definition) is 2. The van der Waals surface area contributed by atoms with Crippen molar-refractivity contribution in [2.45, 2.75) is 17.4 Å². The average Bonchev–Trinajstić information content (AvgIpc) is 2.42. The van der Waals surface area contributed by atoms with E-state index in [1.165, 1.54) is 13.2 Å². The Morgan fingerprint density at radius 3 is 2.76 bits per heavy atom. The Morgan fingerprint density at radius 2 is 2.24 bits per heavy atom. The van der Waals surface area contributed by atoms with Crippen LogP contribution in [0.4, 0.5) is 4.39 Å². The maximum Gasteiger partial charge on any atom is 0.306 e. The second kappa shape index (κ2) is 7.12. The van der Waals surface area contributed by atoms with Gasteiger partial charge in [0.1, 0.15) is 22.3 Å². The molecule has 0 saturated carbocycles. The van der Waals surface area contributed by atoms with Crippen LogP contribution in [0.15, 0.2) is 23.1 Å². The molecule has 0 bridgehead atoms. The number of carboxylic acids is 1. The molecular weight excluding hydrogens is 303 g/mol. The summed E-state index contributed by atoms with van der Waals surface area (Å²) in [5.41, 5.74) is -0.600. The molecule has 0 spiro atoms. The molecule has 0 aliphatic heterocycles. The Morgan fingerprint density at radius 1 is 1.57 bits per heavy atom. The van der Waals surface area contributed by atoms with Crippen molar-refractivity contribution in [2.24, 2.45) is 0 Å². The van der Waals surface area contributed by atoms with Gasteiger partial charge in [-0.3, -0.25) is 4.79 Å². The predicted octanol–water partition coefficient (Wildman–Crippen LogP) is 0.465. The van der Waals surface area contributed by atoms with Crippen molar-refractivity contribution in [1.29, 1.82) is 5.26 Å². The minimum atomic E-state index is -4.15. The monoisotopic (exact) mass is 316 g/mol. The van der Waals surface area contributed by atoms with Gasteiger partial charge < -0.3 is 9.84 Å². The molecule has 1 unspecified atom stereocenters. The summed E-state index contributed by atoms with van der Waals surface area (Å²) in [6.45, 7) is -0.313. The van der Waals surface area contributed by atoms with Crippen molar-refractivity contribution in [1.82, 2.24) is 4.72 Å². The lowest BCUT2D eigenvalue weighted by molar-refractivity contribution is -0.139. The van der Waals surface area contributed by atoms with Gasteiger partial charge in [-0.15, -0.1) is 0 Å². The zero-order valence-corrected chi connectivity index (χ0v) is 11.9. The fraction of sp³-hybridized carbons (Fsp3) is 0.333. The molecule has 0 heterocycles. The maximum atomic E-state index is 13.4. The van der Waals surface area contributed by atoms with E-state index in [0.29, 0.717) is 0 Å². The summed E-state index contributed by atoms with van der Waals surface area (Å²) in [5.74, 6) is -2.10. The van der Waals surface area contributed by atoms with E-state index >= 15 is 0 Å². The first-order valence-electron chi connectivity index (χ1n) is 5.74. The van der Waals surface area contributed by atoms with Crippen molar-refractivity contribution in [2.75, 3.05) is 13.7 Å². The highest BCUT2D eigenvalue weighted by Gasteiger charge is 2.23. The molecule has 0 fully saturated rings. The number of nitriles is 1. The Balaban J connectivity index is 2.95. The van der Waals surface area contributed by atoms with E-state index in [1.54, 1.807) is 0 Å². The lowest BCUT2D eigenvalue weighted by Gasteiger charge is -2.14. The number of ether oxygens (including phenoxy) is 1. The van der Waals surface area contributed by atoms with Crippen LogP contribution in [-0.2, 0) is 19.6 Å². The first-order valence-corrected chi connectivity index (χ1v) is 7.23. The summed E-state index contributed by atoms with van der Waals surface area (Å²) in [6.07, 6.45) is -1.27. The van der Waals surface area contributed by atoms with E-state index in [2.05, 4.69) is 4.72 Å². The molecule has 0 saturated heterocycles. The molecule has 1 rings (SSSR count). The van der Waals surface area contributed by atoms with Gasteiger partial charge in [0.2, 0.25) is 10.0 Å². The third-order valence-electron chi connectivity index (χ3n) is 2.61. The Labute approximate surface area is 121 Å². The molecule has 21 heavy (non-hydrogen) atoms. The normalized spacial score (nSPS) is 12.6. The van der Waals surface area contributed by atoms with Crippen molar-refractivity contribution >= 4 is 16.0 Å². The topological polar surface area (TPSA) is 116 Å². The zero-order valence-electron chi connectivity index (χ0n) is 11.0. The van der Waals surface area contributed by atoms with Gasteiger partial charge in [-0.25, -0.2) is 17.5 Å². The molecule has 1 aromatic rings. The summed E-state index contributed by atoms with van der Waals surface area (Å²) in [5, 5.41) is 17.5. The number of benzene rings is 1. The summed E-state index contributed by atoms with van der Waals surface area (Å²) in [6, 6.07) is 4.71. The van der Waals surface area contributed by atoms with Crippen LogP contribution >= 0.6 is 0 Å². The highest BCUT2D eigenvalue weighted by atomic mass is 32.2. The van der Waals surface area contributed by atoms with Crippen LogP contribution in [0.5, 0.6) is 0 Å². The van der Waals surface area contributed by atoms with Crippen molar-refractivity contribution in [3.05, 3.63) is 29.6 Å². The fourth-order valence-corrected chi connectivity index (χ4v) is 2.78. The van der Waals surface area contributed by atoms with E-state index < -0.39 is 44.8 Å². The highest BCUT2D eigenvalue weighted by Crippen LogP contribution is 2.17. The minimum absolute atomic E-state index is 0.313. The number of nitrogens with zero attached hydrogens (tertiary/aromatic N) is 1. The SMILES string of the molecule is COC(CNS(=O)(=O)c1cccc(F)c1C#N)CC(=O)O. The van der Waals surface area contributed by atoms with E-state index in [9.17, 15) is 17.6 Å². The Hall–Kier alpha value is -2.02. The van der Waals surface area contributed by atoms with Gasteiger partial charge >= 0.3 is 5.97 Å². The molecule has 0 aliphatic rings. The minimum Gasteiger partial charge on any atom is -0.481 e. The Bertz CT molecular complexity index is 669. The largest absolute Gasteiger partial charge is 0.481 e. The molecule has 9 heteroatoms. The number of hydrogen-bond acceptors (Lipinski definition) is 5. The molecule has 0 radical (unpaired) electrons. The fourth-order valence-electron chi connectivity index (χ4n) is 1.55. The van der Waals surface area contributed by atoms with Crippen molar-refractivity contribution < 1.29 is 27.4 Å². The summed E-state index contributed by atoms with van der Waals surface area (Å²) in [7, 11) is -2.91. The van der Waals surface area contributed by atoms with Gasteiger partial charge in [0.05, 0.1) is 12.5 Å². The average molecular weight is 316 g/mol. The Kier molecular flexibility index (Phi) is 5.78. The van der Waals surface area contributed by atoms with Crippen molar-refractivity contribution in [3.8, 4) is 6.07 Å². The molecule has 0 aliphatic carbocycles. The second-order valence-corrected chi connectivity index (χ2v) is 5.77. The number of carbonyl (C=O) groups is 1. The number of methoxy groups -OCH3 is 1. The molecule has 1 atom stereocenters. The first-order chi connectivity index (χ1) is 9.81. The van der Waals surface area contributed by atoms with Crippen LogP contribution in [-0.4, -0.2) is 39.3 Å². The molecule has 0 amide bonds. The van der Waals surface area contributed by atoms with Crippen LogP contribution in [0.1, 0.15) is 12.0 Å². The van der Waals surface area contributed by atoms with Gasteiger partial charge in [-0.1, -0.05) is 6.07 Å². The molecule has 1 aromatic carbocycles. The molecule has 114 valence electrons. The molecule has 7 nitrogen and oxygen atoms in total. The van der Waals surface area contributed by atoms with Gasteiger partial charge in [0.25, 0.3) is 0 Å².